The number of amides is 2. The highest BCUT2D eigenvalue weighted by atomic mass is 35.5. The van der Waals surface area contributed by atoms with E-state index in [0.29, 0.717) is 44.2 Å². The molecule has 0 bridgehead atoms. The molecule has 0 fully saturated rings. The van der Waals surface area contributed by atoms with Crippen LogP contribution in [0.2, 0.25) is 0 Å². The number of alkyl halides is 1. The van der Waals surface area contributed by atoms with Crippen LogP contribution < -0.4 is 15.4 Å². The van der Waals surface area contributed by atoms with Gasteiger partial charge in [0.25, 0.3) is 5.91 Å². The normalized spacial score (nSPS) is 10.6. The fourth-order valence-electron chi connectivity index (χ4n) is 3.34. The van der Waals surface area contributed by atoms with Gasteiger partial charge in [0.05, 0.1) is 20.3 Å². The zero-order valence-electron chi connectivity index (χ0n) is 19.6. The van der Waals surface area contributed by atoms with Crippen LogP contribution in [0.1, 0.15) is 53.2 Å². The van der Waals surface area contributed by atoms with Gasteiger partial charge in [-0.2, -0.15) is 0 Å². The molecule has 0 unspecified atom stereocenters. The topological polar surface area (TPSA) is 76.7 Å². The predicted molar refractivity (Wildman–Crippen MR) is 132 cm³/mol. The van der Waals surface area contributed by atoms with Crippen molar-refractivity contribution in [1.82, 2.24) is 10.6 Å². The summed E-state index contributed by atoms with van der Waals surface area (Å²) in [5.41, 5.74) is 3.86. The molecule has 6 nitrogen and oxygen atoms in total. The van der Waals surface area contributed by atoms with Crippen molar-refractivity contribution in [3.63, 3.8) is 0 Å². The Balaban J connectivity index is 1.66. The summed E-state index contributed by atoms with van der Waals surface area (Å²) in [6.45, 7) is 3.85. The minimum atomic E-state index is -0.144. The van der Waals surface area contributed by atoms with Gasteiger partial charge in [-0.15, -0.1) is 11.6 Å². The summed E-state index contributed by atoms with van der Waals surface area (Å²) in [7, 11) is 1.68. The molecule has 0 heterocycles. The summed E-state index contributed by atoms with van der Waals surface area (Å²) < 4.78 is 11.2. The quantitative estimate of drug-likeness (QED) is 0.298. The number of nitrogens with one attached hydrogen (secondary N) is 2. The molecule has 0 aliphatic carbocycles. The summed E-state index contributed by atoms with van der Waals surface area (Å²) in [6.07, 6.45) is 3.97. The molecule has 180 valence electrons. The average molecular weight is 475 g/mol. The van der Waals surface area contributed by atoms with Crippen molar-refractivity contribution in [2.75, 3.05) is 32.7 Å². The molecule has 0 atom stereocenters. The molecule has 33 heavy (non-hydrogen) atoms. The molecule has 0 saturated carbocycles. The summed E-state index contributed by atoms with van der Waals surface area (Å²) in [4.78, 5) is 23.8. The van der Waals surface area contributed by atoms with Crippen LogP contribution in [0.25, 0.3) is 0 Å². The number of carbonyl (C=O) groups is 2. The van der Waals surface area contributed by atoms with Crippen molar-refractivity contribution >= 4 is 23.4 Å². The van der Waals surface area contributed by atoms with Gasteiger partial charge in [-0.25, -0.2) is 0 Å². The first kappa shape index (κ1) is 26.7. The Morgan fingerprint density at radius 1 is 0.970 bits per heavy atom. The second-order valence-corrected chi connectivity index (χ2v) is 8.16. The van der Waals surface area contributed by atoms with Gasteiger partial charge in [0.1, 0.15) is 5.75 Å². The molecule has 0 radical (unpaired) electrons. The predicted octanol–water partition coefficient (Wildman–Crippen LogP) is 4.27. The van der Waals surface area contributed by atoms with Gasteiger partial charge in [-0.1, -0.05) is 31.2 Å². The van der Waals surface area contributed by atoms with Crippen LogP contribution >= 0.6 is 11.6 Å². The Bertz CT molecular complexity index is 871. The number of benzene rings is 2. The number of hydrogen-bond acceptors (Lipinski definition) is 4. The van der Waals surface area contributed by atoms with E-state index in [0.717, 1.165) is 42.6 Å². The number of methoxy groups -OCH3 is 1. The third kappa shape index (κ3) is 9.84. The minimum Gasteiger partial charge on any atom is -0.496 e. The van der Waals surface area contributed by atoms with Crippen molar-refractivity contribution in [1.29, 1.82) is 0 Å². The fourth-order valence-corrected chi connectivity index (χ4v) is 3.47. The second kappa shape index (κ2) is 15.3. The highest BCUT2D eigenvalue weighted by Crippen LogP contribution is 2.21. The highest BCUT2D eigenvalue weighted by molar-refractivity contribution is 6.17. The van der Waals surface area contributed by atoms with E-state index < -0.39 is 0 Å². The van der Waals surface area contributed by atoms with E-state index in [1.807, 2.05) is 19.1 Å². The van der Waals surface area contributed by atoms with E-state index in [1.165, 1.54) is 5.56 Å². The Hall–Kier alpha value is -2.57. The Morgan fingerprint density at radius 3 is 2.42 bits per heavy atom. The second-order valence-electron chi connectivity index (χ2n) is 7.78. The van der Waals surface area contributed by atoms with Gasteiger partial charge in [0.2, 0.25) is 5.91 Å². The van der Waals surface area contributed by atoms with Crippen molar-refractivity contribution in [3.05, 3.63) is 64.7 Å². The van der Waals surface area contributed by atoms with E-state index in [9.17, 15) is 9.59 Å². The van der Waals surface area contributed by atoms with Crippen LogP contribution in [0, 0.1) is 0 Å². The van der Waals surface area contributed by atoms with Gasteiger partial charge >= 0.3 is 0 Å². The molecule has 0 aliphatic rings. The van der Waals surface area contributed by atoms with Crippen molar-refractivity contribution < 1.29 is 19.1 Å². The molecule has 7 heteroatoms. The van der Waals surface area contributed by atoms with Gasteiger partial charge in [0, 0.05) is 31.0 Å². The lowest BCUT2D eigenvalue weighted by molar-refractivity contribution is -0.121. The minimum absolute atomic E-state index is 0.0389. The molecule has 2 N–H and O–H groups in total. The van der Waals surface area contributed by atoms with Gasteiger partial charge in [-0.05, 0) is 60.6 Å². The van der Waals surface area contributed by atoms with E-state index in [2.05, 4.69) is 28.8 Å². The van der Waals surface area contributed by atoms with Crippen molar-refractivity contribution in [2.45, 2.75) is 45.6 Å². The monoisotopic (exact) mass is 474 g/mol. The van der Waals surface area contributed by atoms with Crippen LogP contribution in [-0.4, -0.2) is 44.6 Å². The van der Waals surface area contributed by atoms with E-state index in [4.69, 9.17) is 21.1 Å². The first-order valence-corrected chi connectivity index (χ1v) is 12.0. The summed E-state index contributed by atoms with van der Waals surface area (Å²) >= 11 is 5.77. The molecule has 0 spiro atoms. The molecule has 2 rings (SSSR count). The molecule has 0 aromatic heterocycles. The first-order valence-electron chi connectivity index (χ1n) is 11.5. The maximum absolute atomic E-state index is 12.3. The Labute approximate surface area is 202 Å². The molecule has 2 aromatic carbocycles. The van der Waals surface area contributed by atoms with Crippen LogP contribution in [0.3, 0.4) is 0 Å². The number of aryl methyl sites for hydroxylation is 1. The largest absolute Gasteiger partial charge is 0.496 e. The zero-order chi connectivity index (χ0) is 23.9. The Kier molecular flexibility index (Phi) is 12.4. The third-order valence-corrected chi connectivity index (χ3v) is 5.45. The lowest BCUT2D eigenvalue weighted by atomic mass is 10.0. The molecule has 0 saturated heterocycles. The fraction of sp³-hybridized carbons (Fsp3) is 0.462. The molecular formula is C26H35ClN2O4. The highest BCUT2D eigenvalue weighted by Gasteiger charge is 2.07. The molecule has 0 aliphatic heterocycles. The standard InChI is InChI=1S/C26H35ClN2O4/c1-3-5-25(30)29-19-21-8-11-23(12-9-21)26(31)28-15-17-33-16-13-22-10-7-20(6-4-14-27)18-24(22)32-2/h7-12,18H,3-6,13-17,19H2,1-2H3,(H,28,31)(H,29,30). The number of carbonyl (C=O) groups excluding carboxylic acids is 2. The molecular weight excluding hydrogens is 440 g/mol. The number of ether oxygens (including phenoxy) is 2. The summed E-state index contributed by atoms with van der Waals surface area (Å²) in [5.74, 6) is 1.41. The van der Waals surface area contributed by atoms with Crippen LogP contribution in [0.4, 0.5) is 0 Å². The zero-order valence-corrected chi connectivity index (χ0v) is 20.4. The maximum Gasteiger partial charge on any atom is 0.251 e. The molecule has 2 aromatic rings. The number of hydrogen-bond donors (Lipinski definition) is 2. The van der Waals surface area contributed by atoms with Crippen LogP contribution in [0.5, 0.6) is 5.75 Å². The number of halogens is 1. The third-order valence-electron chi connectivity index (χ3n) is 5.18. The van der Waals surface area contributed by atoms with E-state index in [1.54, 1.807) is 19.2 Å². The van der Waals surface area contributed by atoms with Gasteiger partial charge in [0.15, 0.2) is 0 Å². The lowest BCUT2D eigenvalue weighted by Crippen LogP contribution is -2.27. The van der Waals surface area contributed by atoms with E-state index in [-0.39, 0.29) is 11.8 Å². The summed E-state index contributed by atoms with van der Waals surface area (Å²) in [6, 6.07) is 13.5. The van der Waals surface area contributed by atoms with Crippen molar-refractivity contribution in [2.24, 2.45) is 0 Å². The van der Waals surface area contributed by atoms with E-state index >= 15 is 0 Å². The Morgan fingerprint density at radius 2 is 1.73 bits per heavy atom. The van der Waals surface area contributed by atoms with Gasteiger partial charge < -0.3 is 20.1 Å². The van der Waals surface area contributed by atoms with Crippen LogP contribution in [-0.2, 0) is 28.9 Å². The first-order chi connectivity index (χ1) is 16.1. The average Bonchev–Trinajstić information content (AvgIpc) is 2.84. The van der Waals surface area contributed by atoms with Gasteiger partial charge in [-0.3, -0.25) is 9.59 Å². The smallest absolute Gasteiger partial charge is 0.251 e. The summed E-state index contributed by atoms with van der Waals surface area (Å²) in [5, 5.41) is 5.73. The van der Waals surface area contributed by atoms with Crippen LogP contribution in [0.15, 0.2) is 42.5 Å². The SMILES string of the molecule is CCCC(=O)NCc1ccc(C(=O)NCCOCCc2ccc(CCCCl)cc2OC)cc1. The lowest BCUT2D eigenvalue weighted by Gasteiger charge is -2.11. The van der Waals surface area contributed by atoms with Crippen molar-refractivity contribution in [3.8, 4) is 5.75 Å². The maximum atomic E-state index is 12.3. The number of rotatable bonds is 15. The molecule has 2 amide bonds.